The van der Waals surface area contributed by atoms with E-state index in [0.717, 1.165) is 57.0 Å². The molecule has 6 rings (SSSR count). The van der Waals surface area contributed by atoms with Crippen molar-refractivity contribution >= 4 is 16.6 Å². The summed E-state index contributed by atoms with van der Waals surface area (Å²) in [7, 11) is -3.57. The topological polar surface area (TPSA) is 18.5 Å². The van der Waals surface area contributed by atoms with Crippen molar-refractivity contribution in [2.24, 2.45) is 0 Å². The summed E-state index contributed by atoms with van der Waals surface area (Å²) >= 11 is 0. The number of benzene rings is 4. The quantitative estimate of drug-likeness (QED) is 0.0890. The third kappa shape index (κ3) is 7.96. The van der Waals surface area contributed by atoms with Crippen LogP contribution in [0.2, 0.25) is 36.3 Å². The molecule has 7 heteroatoms. The molecule has 4 aromatic rings. The Morgan fingerprint density at radius 1 is 0.520 bits per heavy atom. The van der Waals surface area contributed by atoms with Gasteiger partial charge in [0, 0.05) is 18.6 Å². The van der Waals surface area contributed by atoms with Gasteiger partial charge in [-0.3, -0.25) is 0 Å². The number of hydrogen-bond donors (Lipinski definition) is 0. The van der Waals surface area contributed by atoms with Crippen LogP contribution in [0.25, 0.3) is 22.3 Å². The molecular formula is C43H56Cl2O2Si2Zr. The normalized spacial score (nSPS) is 12.9. The third-order valence-corrected chi connectivity index (χ3v) is 21.7. The average molecular weight is 823 g/mol. The van der Waals surface area contributed by atoms with Crippen molar-refractivity contribution in [3.63, 3.8) is 0 Å². The van der Waals surface area contributed by atoms with E-state index in [1.54, 1.807) is 0 Å². The Labute approximate surface area is 336 Å². The maximum Gasteiger partial charge on any atom is 2.00 e. The van der Waals surface area contributed by atoms with Crippen LogP contribution in [0.4, 0.5) is 0 Å². The molecule has 4 aromatic carbocycles. The zero-order valence-electron chi connectivity index (χ0n) is 31.1. The second kappa shape index (κ2) is 18.6. The van der Waals surface area contributed by atoms with Crippen LogP contribution in [-0.2, 0) is 53.3 Å². The maximum absolute atomic E-state index is 7.49. The van der Waals surface area contributed by atoms with Crippen molar-refractivity contribution in [1.82, 2.24) is 0 Å². The molecular weight excluding hydrogens is 767 g/mol. The molecule has 0 bridgehead atoms. The van der Waals surface area contributed by atoms with Gasteiger partial charge in [0.1, 0.15) is 0 Å². The minimum atomic E-state index is -1.89. The fraction of sp³-hybridized carbons (Fsp3) is 0.442. The van der Waals surface area contributed by atoms with Crippen LogP contribution in [0.1, 0.15) is 87.8 Å². The van der Waals surface area contributed by atoms with E-state index in [-0.39, 0.29) is 56.4 Å². The minimum absolute atomic E-state index is 0. The summed E-state index contributed by atoms with van der Waals surface area (Å²) in [6, 6.07) is 39.5. The molecule has 0 fully saturated rings. The predicted molar refractivity (Wildman–Crippen MR) is 206 cm³/mol. The molecule has 0 heterocycles. The Hall–Kier alpha value is -1.30. The zero-order chi connectivity index (χ0) is 33.1. The summed E-state index contributed by atoms with van der Waals surface area (Å²) in [5.41, 5.74) is 14.2. The van der Waals surface area contributed by atoms with Crippen molar-refractivity contribution in [1.29, 1.82) is 0 Å². The van der Waals surface area contributed by atoms with Crippen LogP contribution >= 0.6 is 0 Å². The first-order valence-electron chi connectivity index (χ1n) is 18.6. The predicted octanol–water partition coefficient (Wildman–Crippen LogP) is 5.94. The fourth-order valence-corrected chi connectivity index (χ4v) is 14.3. The molecule has 0 aromatic heterocycles. The van der Waals surface area contributed by atoms with Crippen LogP contribution in [0, 0.1) is 0 Å². The van der Waals surface area contributed by atoms with Gasteiger partial charge in [0.25, 0.3) is 0 Å². The summed E-state index contributed by atoms with van der Waals surface area (Å²) in [5.74, 6) is 0. The first-order chi connectivity index (χ1) is 22.9. The summed E-state index contributed by atoms with van der Waals surface area (Å²) in [4.78, 5) is 0. The first kappa shape index (κ1) is 43.1. The Morgan fingerprint density at radius 3 is 1.36 bits per heavy atom. The van der Waals surface area contributed by atoms with Crippen molar-refractivity contribution in [3.8, 4) is 22.3 Å². The van der Waals surface area contributed by atoms with E-state index in [0.29, 0.717) is 0 Å². The van der Waals surface area contributed by atoms with E-state index in [9.17, 15) is 0 Å². The molecule has 2 aliphatic carbocycles. The Kier molecular flexibility index (Phi) is 16.1. The van der Waals surface area contributed by atoms with Gasteiger partial charge in [-0.25, -0.2) is 0 Å². The maximum atomic E-state index is 7.49. The molecule has 0 spiro atoms. The average Bonchev–Trinajstić information content (AvgIpc) is 3.71. The number of halogens is 2. The van der Waals surface area contributed by atoms with Crippen molar-refractivity contribution in [2.45, 2.75) is 109 Å². The van der Waals surface area contributed by atoms with E-state index in [4.69, 9.17) is 8.85 Å². The zero-order valence-corrected chi connectivity index (χ0v) is 37.1. The van der Waals surface area contributed by atoms with Gasteiger partial charge < -0.3 is 33.7 Å². The molecule has 0 N–H and O–H groups in total. The van der Waals surface area contributed by atoms with Crippen molar-refractivity contribution in [2.75, 3.05) is 13.2 Å². The molecule has 0 atom stereocenters. The molecule has 0 saturated heterocycles. The van der Waals surface area contributed by atoms with E-state index in [1.165, 1.54) is 73.8 Å². The van der Waals surface area contributed by atoms with Gasteiger partial charge in [0.15, 0.2) is 16.6 Å². The summed E-state index contributed by atoms with van der Waals surface area (Å²) in [5, 5.41) is 0. The largest absolute Gasteiger partial charge is 2.00 e. The van der Waals surface area contributed by atoms with Gasteiger partial charge in [-0.1, -0.05) is 126 Å². The monoisotopic (exact) mass is 820 g/mol. The third-order valence-electron chi connectivity index (χ3n) is 12.4. The summed E-state index contributed by atoms with van der Waals surface area (Å²) < 4.78 is 14.4. The fourth-order valence-electron chi connectivity index (χ4n) is 8.90. The standard InChI is InChI=1S/C43H56O2Si2.2ClH.Zr/c1-7-46(8-2,9-3)44-29-19-28-43(32-45-47(10-4,11-5)12-6,41-26-17-24-37-35-22-15-13-20-33(35)30-39(37)41)42-27-18-25-38-36-23-16-14-21-34(36)31-40(38)42;;;/h13-18,20-27H,7-12,19,28-32H2,1-6H3;2*1H;/q;;;+2/p-2. The van der Waals surface area contributed by atoms with Crippen LogP contribution in [-0.4, -0.2) is 29.8 Å². The molecule has 2 nitrogen and oxygen atoms in total. The molecule has 2 aliphatic rings. The molecule has 0 saturated carbocycles. The second-order valence-corrected chi connectivity index (χ2v) is 23.7. The van der Waals surface area contributed by atoms with Gasteiger partial charge in [-0.15, -0.1) is 0 Å². The Balaban J connectivity index is 0.00000225. The van der Waals surface area contributed by atoms with E-state index in [2.05, 4.69) is 126 Å². The van der Waals surface area contributed by atoms with E-state index >= 15 is 0 Å². The summed E-state index contributed by atoms with van der Waals surface area (Å²) in [6.07, 6.45) is 4.04. The molecule has 50 heavy (non-hydrogen) atoms. The van der Waals surface area contributed by atoms with Crippen LogP contribution in [0.15, 0.2) is 84.9 Å². The van der Waals surface area contributed by atoms with Gasteiger partial charge >= 0.3 is 26.2 Å². The van der Waals surface area contributed by atoms with Crippen LogP contribution in [0.5, 0.6) is 0 Å². The van der Waals surface area contributed by atoms with Crippen molar-refractivity contribution < 1.29 is 59.9 Å². The number of hydrogen-bond acceptors (Lipinski definition) is 2. The van der Waals surface area contributed by atoms with Gasteiger partial charge in [0.2, 0.25) is 0 Å². The number of fused-ring (bicyclic) bond motifs is 6. The second-order valence-electron chi connectivity index (χ2n) is 14.1. The van der Waals surface area contributed by atoms with Gasteiger partial charge in [-0.2, -0.15) is 0 Å². The van der Waals surface area contributed by atoms with E-state index in [1.807, 2.05) is 0 Å². The van der Waals surface area contributed by atoms with Crippen LogP contribution in [0.3, 0.4) is 0 Å². The van der Waals surface area contributed by atoms with Crippen molar-refractivity contribution in [3.05, 3.63) is 118 Å². The minimum Gasteiger partial charge on any atom is -1.00 e. The number of rotatable bonds is 16. The molecule has 0 aliphatic heterocycles. The molecule has 0 amide bonds. The summed E-state index contributed by atoms with van der Waals surface area (Å²) in [6.45, 7) is 15.7. The van der Waals surface area contributed by atoms with Crippen LogP contribution < -0.4 is 24.8 Å². The molecule has 0 unspecified atom stereocenters. The molecule has 266 valence electrons. The van der Waals surface area contributed by atoms with Gasteiger partial charge in [0.05, 0.1) is 0 Å². The SMILES string of the molecule is CC[Si](CC)(CC)OCCCC(CO[Si](CC)(CC)CC)(c1cccc2c1Cc1ccccc1-2)c1cccc2c1Cc1ccccc1-2.[Cl-].[Cl-].[Zr+2]. The van der Waals surface area contributed by atoms with E-state index < -0.39 is 16.6 Å². The Bertz CT molecular complexity index is 1590. The smallest absolute Gasteiger partial charge is 1.00 e. The van der Waals surface area contributed by atoms with Gasteiger partial charge in [-0.05, 0) is 118 Å². The molecule has 0 radical (unpaired) electrons. The Morgan fingerprint density at radius 2 is 0.920 bits per heavy atom. The first-order valence-corrected chi connectivity index (χ1v) is 23.7.